The van der Waals surface area contributed by atoms with E-state index in [4.69, 9.17) is 5.73 Å². The molecule has 0 fully saturated rings. The lowest BCUT2D eigenvalue weighted by atomic mass is 10.2. The van der Waals surface area contributed by atoms with Gasteiger partial charge in [0.25, 0.3) is 0 Å². The highest BCUT2D eigenvalue weighted by molar-refractivity contribution is 7.11. The molecule has 0 aliphatic rings. The second kappa shape index (κ2) is 4.73. The van der Waals surface area contributed by atoms with Gasteiger partial charge in [-0.3, -0.25) is 0 Å². The van der Waals surface area contributed by atoms with Gasteiger partial charge in [-0.25, -0.2) is 9.97 Å². The third-order valence-corrected chi connectivity index (χ3v) is 3.99. The van der Waals surface area contributed by atoms with Crippen LogP contribution in [-0.2, 0) is 12.7 Å². The van der Waals surface area contributed by atoms with Crippen molar-refractivity contribution in [1.82, 2.24) is 14.5 Å². The molecule has 21 heavy (non-hydrogen) atoms. The van der Waals surface area contributed by atoms with E-state index in [0.29, 0.717) is 12.1 Å². The van der Waals surface area contributed by atoms with E-state index >= 15 is 0 Å². The average Bonchev–Trinajstić information content (AvgIpc) is 2.93. The highest BCUT2D eigenvalue weighted by Gasteiger charge is 2.31. The summed E-state index contributed by atoms with van der Waals surface area (Å²) in [5, 5.41) is 0.923. The van der Waals surface area contributed by atoms with Crippen LogP contribution in [0.15, 0.2) is 24.4 Å². The Bertz CT molecular complexity index is 803. The van der Waals surface area contributed by atoms with Crippen molar-refractivity contribution >= 4 is 28.3 Å². The molecule has 0 spiro atoms. The van der Waals surface area contributed by atoms with E-state index in [1.807, 2.05) is 6.92 Å². The number of anilines is 1. The first kappa shape index (κ1) is 13.9. The summed E-state index contributed by atoms with van der Waals surface area (Å²) < 4.78 is 39.8. The molecular weight excluding hydrogens is 301 g/mol. The molecule has 2 N–H and O–H groups in total. The molecular formula is C13H11F3N4S. The van der Waals surface area contributed by atoms with Crippen LogP contribution in [-0.4, -0.2) is 14.5 Å². The molecule has 0 bridgehead atoms. The first-order valence-corrected chi connectivity index (χ1v) is 6.90. The van der Waals surface area contributed by atoms with Crippen molar-refractivity contribution in [3.63, 3.8) is 0 Å². The minimum atomic E-state index is -4.39. The fourth-order valence-electron chi connectivity index (χ4n) is 2.13. The summed E-state index contributed by atoms with van der Waals surface area (Å²) in [4.78, 5) is 9.13. The van der Waals surface area contributed by atoms with E-state index in [1.165, 1.54) is 17.4 Å². The Labute approximate surface area is 122 Å². The molecule has 3 rings (SSSR count). The number of fused-ring (bicyclic) bond motifs is 1. The molecule has 0 amide bonds. The van der Waals surface area contributed by atoms with Gasteiger partial charge in [0, 0.05) is 11.1 Å². The highest BCUT2D eigenvalue weighted by Crippen LogP contribution is 2.32. The van der Waals surface area contributed by atoms with Gasteiger partial charge in [-0.1, -0.05) is 0 Å². The fraction of sp³-hybridized carbons (Fsp3) is 0.231. The molecule has 2 aromatic heterocycles. The van der Waals surface area contributed by atoms with Crippen molar-refractivity contribution in [3.05, 3.63) is 39.8 Å². The number of benzene rings is 1. The predicted molar refractivity (Wildman–Crippen MR) is 75.1 cm³/mol. The van der Waals surface area contributed by atoms with Crippen LogP contribution in [0.4, 0.5) is 19.1 Å². The van der Waals surface area contributed by atoms with Crippen LogP contribution < -0.4 is 5.73 Å². The summed E-state index contributed by atoms with van der Waals surface area (Å²) in [6, 6.07) is 3.45. The number of halogens is 3. The zero-order valence-corrected chi connectivity index (χ0v) is 11.8. The number of rotatable bonds is 2. The summed E-state index contributed by atoms with van der Waals surface area (Å²) >= 11 is 1.52. The largest absolute Gasteiger partial charge is 0.416 e. The van der Waals surface area contributed by atoms with Crippen LogP contribution in [0.1, 0.15) is 15.4 Å². The Morgan fingerprint density at radius 1 is 1.33 bits per heavy atom. The molecule has 8 heteroatoms. The molecule has 4 nitrogen and oxygen atoms in total. The Kier molecular flexibility index (Phi) is 3.12. The topological polar surface area (TPSA) is 56.7 Å². The number of nitrogens with zero attached hydrogens (tertiary/aromatic N) is 3. The number of nitrogens with two attached hydrogens (primary N) is 1. The van der Waals surface area contributed by atoms with Crippen LogP contribution in [0.3, 0.4) is 0 Å². The molecule has 0 aliphatic heterocycles. The van der Waals surface area contributed by atoms with Gasteiger partial charge >= 0.3 is 6.18 Å². The highest BCUT2D eigenvalue weighted by atomic mass is 32.1. The van der Waals surface area contributed by atoms with Crippen molar-refractivity contribution < 1.29 is 13.2 Å². The van der Waals surface area contributed by atoms with Crippen LogP contribution in [0, 0.1) is 6.92 Å². The zero-order valence-electron chi connectivity index (χ0n) is 11.0. The summed E-state index contributed by atoms with van der Waals surface area (Å²) in [7, 11) is 0. The second-order valence-corrected chi connectivity index (χ2v) is 5.92. The lowest BCUT2D eigenvalue weighted by Gasteiger charge is -2.07. The third-order valence-electron chi connectivity index (χ3n) is 3.09. The summed E-state index contributed by atoms with van der Waals surface area (Å²) in [5.74, 6) is 0.190. The summed E-state index contributed by atoms with van der Waals surface area (Å²) in [6.07, 6.45) is -2.66. The number of alkyl halides is 3. The Hall–Kier alpha value is -2.09. The number of hydrogen-bond donors (Lipinski definition) is 1. The normalized spacial score (nSPS) is 12.2. The standard InChI is InChI=1S/C13H11F3N4S/c1-7-18-5-9(21-7)6-20-11-3-2-8(13(14,15)16)4-10(11)19-12(20)17/h2-5H,6H2,1H3,(H2,17,19). The number of nitrogen functional groups attached to an aromatic ring is 1. The molecule has 2 heterocycles. The van der Waals surface area contributed by atoms with Gasteiger partial charge in [-0.15, -0.1) is 11.3 Å². The molecule has 3 aromatic rings. The molecule has 0 saturated carbocycles. The Morgan fingerprint density at radius 3 is 2.71 bits per heavy atom. The van der Waals surface area contributed by atoms with Crippen molar-refractivity contribution in [3.8, 4) is 0 Å². The molecule has 0 atom stereocenters. The first-order chi connectivity index (χ1) is 9.84. The first-order valence-electron chi connectivity index (χ1n) is 6.09. The molecule has 0 aliphatic carbocycles. The van der Waals surface area contributed by atoms with Crippen molar-refractivity contribution in [2.75, 3.05) is 5.73 Å². The van der Waals surface area contributed by atoms with Crippen LogP contribution >= 0.6 is 11.3 Å². The number of imidazole rings is 1. The van der Waals surface area contributed by atoms with Crippen LogP contribution in [0.2, 0.25) is 0 Å². The number of aromatic nitrogens is 3. The summed E-state index contributed by atoms with van der Waals surface area (Å²) in [6.45, 7) is 2.33. The number of hydrogen-bond acceptors (Lipinski definition) is 4. The van der Waals surface area contributed by atoms with Gasteiger partial charge in [-0.05, 0) is 25.1 Å². The Morgan fingerprint density at radius 2 is 2.10 bits per heavy atom. The smallest absolute Gasteiger partial charge is 0.369 e. The Balaban J connectivity index is 2.05. The molecule has 0 radical (unpaired) electrons. The fourth-order valence-corrected chi connectivity index (χ4v) is 2.91. The van der Waals surface area contributed by atoms with Gasteiger partial charge in [0.2, 0.25) is 5.95 Å². The zero-order chi connectivity index (χ0) is 15.2. The minimum absolute atomic E-state index is 0.190. The number of thiazole rings is 1. The maximum atomic E-state index is 12.7. The predicted octanol–water partition coefficient (Wildman–Crippen LogP) is 3.45. The molecule has 1 aromatic carbocycles. The molecule has 110 valence electrons. The van der Waals surface area contributed by atoms with Gasteiger partial charge in [0.1, 0.15) is 0 Å². The van der Waals surface area contributed by atoms with Crippen molar-refractivity contribution in [2.24, 2.45) is 0 Å². The molecule has 0 saturated heterocycles. The second-order valence-electron chi connectivity index (χ2n) is 4.60. The lowest BCUT2D eigenvalue weighted by Crippen LogP contribution is -2.05. The number of aryl methyl sites for hydroxylation is 1. The van der Waals surface area contributed by atoms with Gasteiger partial charge in [-0.2, -0.15) is 13.2 Å². The van der Waals surface area contributed by atoms with E-state index in [-0.39, 0.29) is 11.5 Å². The van der Waals surface area contributed by atoms with Crippen molar-refractivity contribution in [1.29, 1.82) is 0 Å². The maximum absolute atomic E-state index is 12.7. The van der Waals surface area contributed by atoms with Gasteiger partial charge in [0.15, 0.2) is 0 Å². The lowest BCUT2D eigenvalue weighted by molar-refractivity contribution is -0.137. The van der Waals surface area contributed by atoms with E-state index in [9.17, 15) is 13.2 Å². The van der Waals surface area contributed by atoms with Gasteiger partial charge in [0.05, 0.1) is 28.1 Å². The quantitative estimate of drug-likeness (QED) is 0.788. The van der Waals surface area contributed by atoms with E-state index in [0.717, 1.165) is 22.0 Å². The third kappa shape index (κ3) is 2.58. The SMILES string of the molecule is Cc1ncc(Cn2c(N)nc3cc(C(F)(F)F)ccc32)s1. The van der Waals surface area contributed by atoms with Crippen molar-refractivity contribution in [2.45, 2.75) is 19.6 Å². The van der Waals surface area contributed by atoms with E-state index in [1.54, 1.807) is 10.8 Å². The van der Waals surface area contributed by atoms with Crippen LogP contribution in [0.5, 0.6) is 0 Å². The average molecular weight is 312 g/mol. The van der Waals surface area contributed by atoms with Crippen LogP contribution in [0.25, 0.3) is 11.0 Å². The summed E-state index contributed by atoms with van der Waals surface area (Å²) in [5.41, 5.74) is 5.91. The van der Waals surface area contributed by atoms with E-state index in [2.05, 4.69) is 9.97 Å². The van der Waals surface area contributed by atoms with Gasteiger partial charge < -0.3 is 10.3 Å². The molecule has 0 unspecified atom stereocenters. The monoisotopic (exact) mass is 312 g/mol. The maximum Gasteiger partial charge on any atom is 0.416 e. The minimum Gasteiger partial charge on any atom is -0.369 e. The van der Waals surface area contributed by atoms with E-state index < -0.39 is 11.7 Å².